The van der Waals surface area contributed by atoms with Crippen molar-refractivity contribution in [3.05, 3.63) is 0 Å². The molecule has 0 fully saturated rings. The summed E-state index contributed by atoms with van der Waals surface area (Å²) in [6.45, 7) is 0. The Morgan fingerprint density at radius 3 is 1.14 bits per heavy atom. The van der Waals surface area contributed by atoms with Crippen LogP contribution in [-0.2, 0) is 4.57 Å². The minimum atomic E-state index is -5.39. The molecule has 0 atom stereocenters. The molecule has 0 saturated heterocycles. The van der Waals surface area contributed by atoms with E-state index in [2.05, 4.69) is 0 Å². The van der Waals surface area contributed by atoms with E-state index in [-0.39, 0.29) is 48.9 Å². The molecule has 0 spiro atoms. The summed E-state index contributed by atoms with van der Waals surface area (Å²) in [6, 6.07) is 0. The van der Waals surface area contributed by atoms with E-state index in [1.165, 1.54) is 0 Å². The standard InChI is InChI=1S/In.Mg.H3O4P/c;;1-5(2,3)4/h;;(H3,1,2,3,4)/q+3;+2;/p-3. The molecule has 0 heterocycles. The van der Waals surface area contributed by atoms with Crippen molar-refractivity contribution in [2.45, 2.75) is 0 Å². The molecule has 0 aromatic heterocycles. The Hall–Kier alpha value is 1.75. The first kappa shape index (κ1) is 15.9. The van der Waals surface area contributed by atoms with Crippen LogP contribution in [0.15, 0.2) is 0 Å². The molecule has 0 unspecified atom stereocenters. The normalized spacial score (nSPS) is 8.43. The average molecular weight is 234 g/mol. The first-order valence-electron chi connectivity index (χ1n) is 0.730. The van der Waals surface area contributed by atoms with Crippen LogP contribution in [-0.4, -0.2) is 48.9 Å². The van der Waals surface area contributed by atoms with Crippen LogP contribution < -0.4 is 14.7 Å². The van der Waals surface area contributed by atoms with Crippen LogP contribution in [0.25, 0.3) is 0 Å². The molecule has 0 bridgehead atoms. The van der Waals surface area contributed by atoms with Crippen LogP contribution in [0.1, 0.15) is 0 Å². The monoisotopic (exact) mass is 234 g/mol. The second-order valence-corrected chi connectivity index (χ2v) is 1.34. The molecule has 0 aromatic rings. The van der Waals surface area contributed by atoms with Gasteiger partial charge in [0.1, 0.15) is 0 Å². The van der Waals surface area contributed by atoms with Crippen molar-refractivity contribution in [1.82, 2.24) is 0 Å². The summed E-state index contributed by atoms with van der Waals surface area (Å²) in [5.41, 5.74) is 0. The Bertz CT molecular complexity index is 57.8. The van der Waals surface area contributed by atoms with E-state index < -0.39 is 7.82 Å². The molecule has 0 aliphatic carbocycles. The van der Waals surface area contributed by atoms with Gasteiger partial charge in [-0.2, -0.15) is 7.82 Å². The third-order valence-electron chi connectivity index (χ3n) is 0. The summed E-state index contributed by atoms with van der Waals surface area (Å²) in [5.74, 6) is 0. The van der Waals surface area contributed by atoms with Gasteiger partial charge in [0, 0.05) is 0 Å². The van der Waals surface area contributed by atoms with Gasteiger partial charge in [0.15, 0.2) is 0 Å². The van der Waals surface area contributed by atoms with Crippen LogP contribution in [0.3, 0.4) is 0 Å². The second kappa shape index (κ2) is 5.88. The molecular formula is InMgO4P+2. The van der Waals surface area contributed by atoms with E-state index in [1.54, 1.807) is 0 Å². The number of rotatable bonds is 0. The topological polar surface area (TPSA) is 86.2 Å². The summed E-state index contributed by atoms with van der Waals surface area (Å²) in [5, 5.41) is 0. The zero-order chi connectivity index (χ0) is 4.50. The molecule has 0 aliphatic rings. The maximum Gasteiger partial charge on any atom is 3.00 e. The van der Waals surface area contributed by atoms with Gasteiger partial charge in [-0.3, -0.25) is 0 Å². The predicted octanol–water partition coefficient (Wildman–Crippen LogP) is -3.59. The van der Waals surface area contributed by atoms with E-state index in [4.69, 9.17) is 19.2 Å². The minimum Gasteiger partial charge on any atom is -0.822 e. The Morgan fingerprint density at radius 2 is 1.14 bits per heavy atom. The van der Waals surface area contributed by atoms with Gasteiger partial charge in [0.25, 0.3) is 0 Å². The van der Waals surface area contributed by atoms with Gasteiger partial charge in [-0.15, -0.1) is 0 Å². The molecule has 7 heteroatoms. The fourth-order valence-corrected chi connectivity index (χ4v) is 0. The van der Waals surface area contributed by atoms with Crippen molar-refractivity contribution >= 4 is 56.7 Å². The van der Waals surface area contributed by atoms with Gasteiger partial charge in [0.2, 0.25) is 0 Å². The van der Waals surface area contributed by atoms with Crippen LogP contribution in [0.5, 0.6) is 0 Å². The number of phosphoric acid groups is 1. The van der Waals surface area contributed by atoms with E-state index in [1.807, 2.05) is 0 Å². The zero-order valence-corrected chi connectivity index (χ0v) is 8.97. The van der Waals surface area contributed by atoms with Crippen LogP contribution in [0.2, 0.25) is 0 Å². The predicted molar refractivity (Wildman–Crippen MR) is 19.1 cm³/mol. The van der Waals surface area contributed by atoms with Crippen LogP contribution in [0, 0.1) is 0 Å². The van der Waals surface area contributed by atoms with Crippen molar-refractivity contribution in [3.8, 4) is 0 Å². The third kappa shape index (κ3) is 83.9. The van der Waals surface area contributed by atoms with Gasteiger partial charge in [0.05, 0.1) is 0 Å². The summed E-state index contributed by atoms with van der Waals surface area (Å²) < 4.78 is 8.55. The van der Waals surface area contributed by atoms with Gasteiger partial charge in [-0.1, -0.05) is 0 Å². The molecule has 0 N–H and O–H groups in total. The third-order valence-corrected chi connectivity index (χ3v) is 0. The van der Waals surface area contributed by atoms with Crippen LogP contribution in [0.4, 0.5) is 0 Å². The number of hydrogen-bond donors (Lipinski definition) is 0. The molecule has 0 aliphatic heterocycles. The van der Waals surface area contributed by atoms with Crippen LogP contribution >= 0.6 is 7.82 Å². The first-order chi connectivity index (χ1) is 2.00. The van der Waals surface area contributed by atoms with Crippen molar-refractivity contribution < 1.29 is 19.2 Å². The summed E-state index contributed by atoms with van der Waals surface area (Å²) in [6.07, 6.45) is 0. The molecule has 0 radical (unpaired) electrons. The largest absolute Gasteiger partial charge is 3.00 e. The molecule has 7 heavy (non-hydrogen) atoms. The molecule has 0 amide bonds. The molecular weight excluding hydrogens is 234 g/mol. The molecule has 4 nitrogen and oxygen atoms in total. The SMILES string of the molecule is O=P([O-])([O-])[O-].[In+3].[Mg+2]. The van der Waals surface area contributed by atoms with Gasteiger partial charge in [-0.05, 0) is 0 Å². The average Bonchev–Trinajstić information content (AvgIpc) is 0.722. The maximum absolute atomic E-state index is 8.55. The van der Waals surface area contributed by atoms with E-state index in [9.17, 15) is 0 Å². The molecule has 0 rings (SSSR count). The van der Waals surface area contributed by atoms with E-state index in [0.717, 1.165) is 0 Å². The van der Waals surface area contributed by atoms with E-state index in [0.29, 0.717) is 0 Å². The Morgan fingerprint density at radius 1 is 1.14 bits per heavy atom. The summed E-state index contributed by atoms with van der Waals surface area (Å²) >= 11 is 0. The maximum atomic E-state index is 8.55. The van der Waals surface area contributed by atoms with Gasteiger partial charge < -0.3 is 19.2 Å². The Balaban J connectivity index is -0.0000000800. The molecule has 0 saturated carbocycles. The summed E-state index contributed by atoms with van der Waals surface area (Å²) in [7, 11) is -5.39. The van der Waals surface area contributed by atoms with Gasteiger partial charge >= 0.3 is 48.9 Å². The molecule has 0 aromatic carbocycles. The summed E-state index contributed by atoms with van der Waals surface area (Å²) in [4.78, 5) is 25.6. The van der Waals surface area contributed by atoms with Crippen molar-refractivity contribution in [2.24, 2.45) is 0 Å². The number of hydrogen-bond acceptors (Lipinski definition) is 4. The minimum absolute atomic E-state index is 0. The van der Waals surface area contributed by atoms with Crippen molar-refractivity contribution in [3.63, 3.8) is 0 Å². The zero-order valence-electron chi connectivity index (χ0n) is 3.36. The van der Waals surface area contributed by atoms with Gasteiger partial charge in [-0.25, -0.2) is 0 Å². The molecule has 32 valence electrons. The van der Waals surface area contributed by atoms with Crippen molar-refractivity contribution in [2.75, 3.05) is 0 Å². The fourth-order valence-electron chi connectivity index (χ4n) is 0. The van der Waals surface area contributed by atoms with E-state index >= 15 is 0 Å². The quantitative estimate of drug-likeness (QED) is 0.320. The second-order valence-electron chi connectivity index (χ2n) is 0.447. The Labute approximate surface area is 75.5 Å². The van der Waals surface area contributed by atoms with Crippen molar-refractivity contribution in [1.29, 1.82) is 0 Å². The fraction of sp³-hybridized carbons (Fsp3) is 0. The Kier molecular flexibility index (Phi) is 13.3. The smallest absolute Gasteiger partial charge is 0.822 e. The first-order valence-corrected chi connectivity index (χ1v) is 2.19.